The van der Waals surface area contributed by atoms with Crippen LogP contribution in [0.3, 0.4) is 0 Å². The maximum absolute atomic E-state index is 13.8. The quantitative estimate of drug-likeness (QED) is 0.322. The smallest absolute Gasteiger partial charge is 0.262 e. The number of Topliss-reactive ketones (excluding diaryl/α,β-unsaturated/α-hetero) is 1. The molecule has 2 heterocycles. The van der Waals surface area contributed by atoms with Gasteiger partial charge in [-0.05, 0) is 47.5 Å². The second-order valence-electron chi connectivity index (χ2n) is 7.34. The van der Waals surface area contributed by atoms with Crippen molar-refractivity contribution in [1.29, 1.82) is 0 Å². The van der Waals surface area contributed by atoms with Gasteiger partial charge in [-0.25, -0.2) is 9.37 Å². The molecular formula is C26H18ClFN2O3. The average molecular weight is 461 g/mol. The molecule has 0 saturated carbocycles. The predicted molar refractivity (Wildman–Crippen MR) is 125 cm³/mol. The maximum Gasteiger partial charge on any atom is 0.262 e. The number of anilines is 1. The second kappa shape index (κ2) is 9.27. The molecule has 0 radical (unpaired) electrons. The fourth-order valence-electron chi connectivity index (χ4n) is 3.40. The minimum absolute atomic E-state index is 0.0328. The molecule has 0 spiro atoms. The summed E-state index contributed by atoms with van der Waals surface area (Å²) in [5.41, 5.74) is 2.74. The summed E-state index contributed by atoms with van der Waals surface area (Å²) in [6, 6.07) is 12.9. The van der Waals surface area contributed by atoms with E-state index in [-0.39, 0.29) is 10.6 Å². The van der Waals surface area contributed by atoms with Crippen LogP contribution in [0.25, 0.3) is 6.08 Å². The Morgan fingerprint density at radius 2 is 1.97 bits per heavy atom. The van der Waals surface area contributed by atoms with E-state index in [0.717, 1.165) is 5.56 Å². The Balaban J connectivity index is 1.62. The Morgan fingerprint density at radius 3 is 2.67 bits per heavy atom. The number of fused-ring (bicyclic) bond motifs is 1. The van der Waals surface area contributed by atoms with Crippen LogP contribution >= 0.6 is 11.6 Å². The van der Waals surface area contributed by atoms with Crippen molar-refractivity contribution < 1.29 is 18.7 Å². The number of rotatable bonds is 3. The SMILES string of the molecule is COc1ccc(CC#Cc2ccc3c(c2)C(=O)/C(=C\c2ccc(Cl)c(F)c2)C(=O)N3C)cn1. The molecular weight excluding hydrogens is 443 g/mol. The molecule has 1 aromatic heterocycles. The van der Waals surface area contributed by atoms with Gasteiger partial charge in [0, 0.05) is 36.9 Å². The lowest BCUT2D eigenvalue weighted by atomic mass is 9.92. The molecule has 0 bridgehead atoms. The minimum Gasteiger partial charge on any atom is -0.481 e. The topological polar surface area (TPSA) is 59.5 Å². The molecule has 3 aromatic rings. The van der Waals surface area contributed by atoms with Crippen LogP contribution in [0.5, 0.6) is 5.88 Å². The van der Waals surface area contributed by atoms with Gasteiger partial charge in [-0.1, -0.05) is 35.6 Å². The maximum atomic E-state index is 13.8. The lowest BCUT2D eigenvalue weighted by molar-refractivity contribution is -0.114. The lowest BCUT2D eigenvalue weighted by Crippen LogP contribution is -2.36. The van der Waals surface area contributed by atoms with Crippen LogP contribution in [0.4, 0.5) is 10.1 Å². The van der Waals surface area contributed by atoms with Crippen molar-refractivity contribution in [2.75, 3.05) is 19.1 Å². The third-order valence-corrected chi connectivity index (χ3v) is 5.48. The number of nitrogens with zero attached hydrogens (tertiary/aromatic N) is 2. The Bertz CT molecular complexity index is 1350. The summed E-state index contributed by atoms with van der Waals surface area (Å²) in [4.78, 5) is 31.5. The molecule has 33 heavy (non-hydrogen) atoms. The van der Waals surface area contributed by atoms with Gasteiger partial charge in [-0.3, -0.25) is 9.59 Å². The Morgan fingerprint density at radius 1 is 1.15 bits per heavy atom. The molecule has 1 aliphatic rings. The van der Waals surface area contributed by atoms with Crippen molar-refractivity contribution in [3.8, 4) is 17.7 Å². The number of carbonyl (C=O) groups is 2. The van der Waals surface area contributed by atoms with Crippen LogP contribution in [-0.4, -0.2) is 30.8 Å². The van der Waals surface area contributed by atoms with Crippen LogP contribution in [0.2, 0.25) is 5.02 Å². The highest BCUT2D eigenvalue weighted by atomic mass is 35.5. The summed E-state index contributed by atoms with van der Waals surface area (Å²) in [6.07, 6.45) is 3.55. The number of methoxy groups -OCH3 is 1. The van der Waals surface area contributed by atoms with E-state index in [9.17, 15) is 14.0 Å². The second-order valence-corrected chi connectivity index (χ2v) is 7.75. The Kier molecular flexibility index (Phi) is 6.25. The van der Waals surface area contributed by atoms with Gasteiger partial charge >= 0.3 is 0 Å². The molecule has 0 aliphatic carbocycles. The van der Waals surface area contributed by atoms with Gasteiger partial charge in [-0.2, -0.15) is 0 Å². The molecule has 4 rings (SSSR count). The molecule has 0 fully saturated rings. The number of aromatic nitrogens is 1. The summed E-state index contributed by atoms with van der Waals surface area (Å²) >= 11 is 5.72. The number of pyridine rings is 1. The van der Waals surface area contributed by atoms with Crippen LogP contribution in [-0.2, 0) is 11.2 Å². The largest absolute Gasteiger partial charge is 0.481 e. The van der Waals surface area contributed by atoms with E-state index in [2.05, 4.69) is 16.8 Å². The van der Waals surface area contributed by atoms with E-state index in [1.807, 2.05) is 6.07 Å². The fourth-order valence-corrected chi connectivity index (χ4v) is 3.52. The summed E-state index contributed by atoms with van der Waals surface area (Å²) in [5.74, 6) is 5.12. The van der Waals surface area contributed by atoms with Gasteiger partial charge in [0.2, 0.25) is 11.7 Å². The van der Waals surface area contributed by atoms with Crippen LogP contribution in [0, 0.1) is 17.7 Å². The zero-order chi connectivity index (χ0) is 23.5. The van der Waals surface area contributed by atoms with Crippen molar-refractivity contribution >= 4 is 35.1 Å². The lowest BCUT2D eigenvalue weighted by Gasteiger charge is -2.26. The first-order chi connectivity index (χ1) is 15.9. The molecule has 5 nitrogen and oxygen atoms in total. The molecule has 164 valence electrons. The van der Waals surface area contributed by atoms with Crippen LogP contribution in [0.1, 0.15) is 27.0 Å². The van der Waals surface area contributed by atoms with Gasteiger partial charge in [0.1, 0.15) is 5.82 Å². The van der Waals surface area contributed by atoms with E-state index in [1.54, 1.807) is 50.7 Å². The zero-order valence-corrected chi connectivity index (χ0v) is 18.6. The number of likely N-dealkylation sites (N-methyl/N-ethyl adjacent to an activating group) is 1. The Labute approximate surface area is 195 Å². The number of benzene rings is 2. The Hall–Kier alpha value is -3.95. The average Bonchev–Trinajstić information content (AvgIpc) is 2.83. The number of hydrogen-bond acceptors (Lipinski definition) is 4. The van der Waals surface area contributed by atoms with Crippen molar-refractivity contribution in [3.05, 3.63) is 93.4 Å². The first kappa shape index (κ1) is 22.3. The number of carbonyl (C=O) groups excluding carboxylic acids is 2. The van der Waals surface area contributed by atoms with Crippen LogP contribution in [0.15, 0.2) is 60.3 Å². The number of ether oxygens (including phenoxy) is 1. The molecule has 7 heteroatoms. The third-order valence-electron chi connectivity index (χ3n) is 5.17. The van der Waals surface area contributed by atoms with E-state index in [0.29, 0.717) is 34.7 Å². The van der Waals surface area contributed by atoms with Gasteiger partial charge in [-0.15, -0.1) is 0 Å². The molecule has 0 N–H and O–H groups in total. The standard InChI is InChI=1S/C26H18ClFN2O3/c1-30-23-10-7-16(4-3-5-17-8-11-24(33-2)29-15-17)12-19(23)25(31)20(26(30)32)13-18-6-9-21(27)22(28)14-18/h6-15H,5H2,1-2H3/b20-13+. The predicted octanol–water partition coefficient (Wildman–Crippen LogP) is 4.72. The highest BCUT2D eigenvalue weighted by molar-refractivity contribution is 6.36. The first-order valence-corrected chi connectivity index (χ1v) is 10.4. The number of hydrogen-bond donors (Lipinski definition) is 0. The monoisotopic (exact) mass is 460 g/mol. The molecule has 0 unspecified atom stereocenters. The highest BCUT2D eigenvalue weighted by Gasteiger charge is 2.32. The zero-order valence-electron chi connectivity index (χ0n) is 17.9. The third kappa shape index (κ3) is 4.64. The summed E-state index contributed by atoms with van der Waals surface area (Å²) in [5, 5.41) is -0.0328. The van der Waals surface area contributed by atoms with Crippen LogP contribution < -0.4 is 9.64 Å². The van der Waals surface area contributed by atoms with Gasteiger partial charge in [0.25, 0.3) is 5.91 Å². The normalized spacial score (nSPS) is 14.1. The molecule has 2 aromatic carbocycles. The highest BCUT2D eigenvalue weighted by Crippen LogP contribution is 2.31. The van der Waals surface area contributed by atoms with Gasteiger partial charge in [0.05, 0.1) is 23.4 Å². The molecule has 1 amide bonds. The summed E-state index contributed by atoms with van der Waals surface area (Å²) in [6.45, 7) is 0. The number of halogens is 2. The summed E-state index contributed by atoms with van der Waals surface area (Å²) < 4.78 is 18.9. The summed E-state index contributed by atoms with van der Waals surface area (Å²) in [7, 11) is 3.14. The minimum atomic E-state index is -0.625. The van der Waals surface area contributed by atoms with Gasteiger partial charge in [0.15, 0.2) is 0 Å². The number of ketones is 1. The first-order valence-electron chi connectivity index (χ1n) is 9.98. The van der Waals surface area contributed by atoms with E-state index in [1.165, 1.54) is 23.1 Å². The van der Waals surface area contributed by atoms with Crippen molar-refractivity contribution in [2.24, 2.45) is 0 Å². The number of amides is 1. The molecule has 1 aliphatic heterocycles. The molecule has 0 saturated heterocycles. The van der Waals surface area contributed by atoms with E-state index >= 15 is 0 Å². The van der Waals surface area contributed by atoms with Gasteiger partial charge < -0.3 is 9.64 Å². The molecule has 0 atom stereocenters. The van der Waals surface area contributed by atoms with E-state index in [4.69, 9.17) is 16.3 Å². The van der Waals surface area contributed by atoms with E-state index < -0.39 is 17.5 Å². The fraction of sp³-hybridized carbons (Fsp3) is 0.115. The van der Waals surface area contributed by atoms with Crippen molar-refractivity contribution in [1.82, 2.24) is 4.98 Å². The van der Waals surface area contributed by atoms with Crippen molar-refractivity contribution in [2.45, 2.75) is 6.42 Å². The van der Waals surface area contributed by atoms with Crippen molar-refractivity contribution in [3.63, 3.8) is 0 Å².